The summed E-state index contributed by atoms with van der Waals surface area (Å²) >= 11 is 0. The Balaban J connectivity index is 1.40. The molecule has 0 bridgehead atoms. The number of H-pyrrole nitrogens is 1. The van der Waals surface area contributed by atoms with Gasteiger partial charge in [-0.1, -0.05) is 36.4 Å². The molecule has 0 saturated carbocycles. The van der Waals surface area contributed by atoms with E-state index >= 15 is 0 Å². The summed E-state index contributed by atoms with van der Waals surface area (Å²) in [7, 11) is 3.36. The fraction of sp³-hybridized carbons (Fsp3) is 0.300. The molecule has 2 aliphatic rings. The number of fused-ring (bicyclic) bond motifs is 4. The molecule has 1 aliphatic carbocycles. The number of carbonyl (C=O) groups is 1. The fourth-order valence-electron chi connectivity index (χ4n) is 6.30. The van der Waals surface area contributed by atoms with Gasteiger partial charge in [0.15, 0.2) is 0 Å². The molecule has 0 spiro atoms. The molecule has 35 heavy (non-hydrogen) atoms. The monoisotopic (exact) mass is 466 g/mol. The average Bonchev–Trinajstić information content (AvgIpc) is 3.28. The summed E-state index contributed by atoms with van der Waals surface area (Å²) in [4.78, 5) is 19.3. The normalized spacial score (nSPS) is 21.3. The van der Waals surface area contributed by atoms with Crippen molar-refractivity contribution in [3.05, 3.63) is 95.2 Å². The number of amides is 1. The van der Waals surface area contributed by atoms with Crippen molar-refractivity contribution in [2.75, 3.05) is 27.3 Å². The van der Waals surface area contributed by atoms with Gasteiger partial charge in [-0.3, -0.25) is 4.79 Å². The molecule has 1 aliphatic heterocycles. The number of rotatable bonds is 4. The van der Waals surface area contributed by atoms with Gasteiger partial charge in [0.1, 0.15) is 11.5 Å². The van der Waals surface area contributed by atoms with E-state index in [0.717, 1.165) is 38.1 Å². The van der Waals surface area contributed by atoms with Gasteiger partial charge in [0.2, 0.25) is 0 Å². The Morgan fingerprint density at radius 2 is 1.74 bits per heavy atom. The molecule has 178 valence electrons. The summed E-state index contributed by atoms with van der Waals surface area (Å²) in [6.45, 7) is 1.45. The van der Waals surface area contributed by atoms with Gasteiger partial charge < -0.3 is 19.4 Å². The molecule has 5 heteroatoms. The average molecular weight is 467 g/mol. The van der Waals surface area contributed by atoms with Crippen LogP contribution in [0, 0.1) is 5.92 Å². The number of para-hydroxylation sites is 1. The van der Waals surface area contributed by atoms with E-state index in [0.29, 0.717) is 17.2 Å². The minimum absolute atomic E-state index is 0.0480. The molecule has 2 atom stereocenters. The minimum atomic E-state index is -0.0480. The Hall–Kier alpha value is -3.73. The summed E-state index contributed by atoms with van der Waals surface area (Å²) in [5.41, 5.74) is 5.87. The highest BCUT2D eigenvalue weighted by atomic mass is 16.5. The first kappa shape index (κ1) is 21.8. The van der Waals surface area contributed by atoms with Crippen molar-refractivity contribution in [3.8, 4) is 11.5 Å². The maximum Gasteiger partial charge on any atom is 0.253 e. The molecule has 0 radical (unpaired) electrons. The third-order valence-corrected chi connectivity index (χ3v) is 8.14. The number of aromatic nitrogens is 1. The number of piperidine rings is 1. The van der Waals surface area contributed by atoms with Crippen molar-refractivity contribution in [1.29, 1.82) is 0 Å². The number of likely N-dealkylation sites (tertiary alicyclic amines) is 1. The molecule has 3 aromatic carbocycles. The summed E-state index contributed by atoms with van der Waals surface area (Å²) in [5.74, 6) is 1.98. The first-order valence-electron chi connectivity index (χ1n) is 12.3. The van der Waals surface area contributed by atoms with E-state index in [1.165, 1.54) is 27.7 Å². The lowest BCUT2D eigenvalue weighted by molar-refractivity contribution is 0.0500. The molecular formula is C30H30N2O3. The third kappa shape index (κ3) is 3.57. The SMILES string of the molecule is COc1cccc(C(=O)N2CCC3(c4cccc(OC)c4)Cc4[nH]c5ccccc5c4CC3C2)c1. The predicted octanol–water partition coefficient (Wildman–Crippen LogP) is 5.38. The molecule has 1 aromatic heterocycles. The Labute approximate surface area is 205 Å². The van der Waals surface area contributed by atoms with Gasteiger partial charge in [0.05, 0.1) is 14.2 Å². The molecule has 6 rings (SSSR count). The van der Waals surface area contributed by atoms with Gasteiger partial charge in [0.25, 0.3) is 5.91 Å². The van der Waals surface area contributed by atoms with Gasteiger partial charge in [-0.15, -0.1) is 0 Å². The highest BCUT2D eigenvalue weighted by Gasteiger charge is 2.49. The topological polar surface area (TPSA) is 54.6 Å². The zero-order valence-electron chi connectivity index (χ0n) is 20.2. The summed E-state index contributed by atoms with van der Waals surface area (Å²) in [6, 6.07) is 24.6. The maximum atomic E-state index is 13.5. The van der Waals surface area contributed by atoms with Crippen LogP contribution in [0.15, 0.2) is 72.8 Å². The molecule has 2 heterocycles. The molecule has 1 saturated heterocycles. The van der Waals surface area contributed by atoms with Crippen molar-refractivity contribution >= 4 is 16.8 Å². The third-order valence-electron chi connectivity index (χ3n) is 8.14. The van der Waals surface area contributed by atoms with E-state index < -0.39 is 0 Å². The van der Waals surface area contributed by atoms with Crippen LogP contribution < -0.4 is 9.47 Å². The van der Waals surface area contributed by atoms with Crippen LogP contribution in [0.25, 0.3) is 10.9 Å². The lowest BCUT2D eigenvalue weighted by Crippen LogP contribution is -2.55. The Morgan fingerprint density at radius 3 is 2.57 bits per heavy atom. The highest BCUT2D eigenvalue weighted by molar-refractivity contribution is 5.94. The lowest BCUT2D eigenvalue weighted by atomic mass is 9.58. The fourth-order valence-corrected chi connectivity index (χ4v) is 6.30. The number of nitrogens with one attached hydrogen (secondary N) is 1. The van der Waals surface area contributed by atoms with E-state index in [1.807, 2.05) is 35.2 Å². The number of methoxy groups -OCH3 is 2. The second kappa shape index (κ2) is 8.49. The number of ether oxygens (including phenoxy) is 2. The number of benzene rings is 3. The quantitative estimate of drug-likeness (QED) is 0.439. The van der Waals surface area contributed by atoms with Gasteiger partial charge in [-0.2, -0.15) is 0 Å². The Morgan fingerprint density at radius 1 is 0.971 bits per heavy atom. The van der Waals surface area contributed by atoms with Gasteiger partial charge in [-0.25, -0.2) is 0 Å². The van der Waals surface area contributed by atoms with E-state index in [-0.39, 0.29) is 11.3 Å². The molecule has 1 amide bonds. The summed E-state index contributed by atoms with van der Waals surface area (Å²) in [5, 5.41) is 1.30. The van der Waals surface area contributed by atoms with Crippen LogP contribution in [-0.4, -0.2) is 43.1 Å². The predicted molar refractivity (Wildman–Crippen MR) is 137 cm³/mol. The molecule has 1 N–H and O–H groups in total. The van der Waals surface area contributed by atoms with Gasteiger partial charge >= 0.3 is 0 Å². The number of carbonyl (C=O) groups excluding carboxylic acids is 1. The molecular weight excluding hydrogens is 436 g/mol. The number of nitrogens with zero attached hydrogens (tertiary/aromatic N) is 1. The second-order valence-corrected chi connectivity index (χ2v) is 9.83. The van der Waals surface area contributed by atoms with Crippen molar-refractivity contribution < 1.29 is 14.3 Å². The maximum absolute atomic E-state index is 13.5. The summed E-state index contributed by atoms with van der Waals surface area (Å²) < 4.78 is 11.0. The van der Waals surface area contributed by atoms with Crippen molar-refractivity contribution in [2.24, 2.45) is 5.92 Å². The van der Waals surface area contributed by atoms with Crippen LogP contribution in [0.5, 0.6) is 11.5 Å². The minimum Gasteiger partial charge on any atom is -0.497 e. The van der Waals surface area contributed by atoms with Crippen molar-refractivity contribution in [1.82, 2.24) is 9.88 Å². The van der Waals surface area contributed by atoms with E-state index in [9.17, 15) is 4.79 Å². The zero-order chi connectivity index (χ0) is 24.0. The van der Waals surface area contributed by atoms with Gasteiger partial charge in [0, 0.05) is 40.7 Å². The summed E-state index contributed by atoms with van der Waals surface area (Å²) in [6.07, 6.45) is 2.80. The highest BCUT2D eigenvalue weighted by Crippen LogP contribution is 2.49. The van der Waals surface area contributed by atoms with Crippen LogP contribution in [0.2, 0.25) is 0 Å². The molecule has 1 fully saturated rings. The van der Waals surface area contributed by atoms with Crippen LogP contribution in [0.3, 0.4) is 0 Å². The van der Waals surface area contributed by atoms with Crippen molar-refractivity contribution in [2.45, 2.75) is 24.7 Å². The van der Waals surface area contributed by atoms with Crippen LogP contribution in [0.4, 0.5) is 0 Å². The zero-order valence-corrected chi connectivity index (χ0v) is 20.2. The first-order valence-corrected chi connectivity index (χ1v) is 12.3. The molecule has 5 nitrogen and oxygen atoms in total. The largest absolute Gasteiger partial charge is 0.497 e. The number of hydrogen-bond acceptors (Lipinski definition) is 3. The van der Waals surface area contributed by atoms with E-state index in [1.54, 1.807) is 14.2 Å². The Kier molecular flexibility index (Phi) is 5.28. The van der Waals surface area contributed by atoms with Gasteiger partial charge in [-0.05, 0) is 72.7 Å². The van der Waals surface area contributed by atoms with Crippen LogP contribution >= 0.6 is 0 Å². The standard InChI is InChI=1S/C30H30N2O3/c1-34-23-9-5-7-20(15-23)29(33)32-14-13-30(21-8-6-10-24(16-21)35-2)18-28-26(17-22(30)19-32)25-11-3-4-12-27(25)31-28/h3-12,15-16,22,31H,13-14,17-19H2,1-2H3. The van der Waals surface area contributed by atoms with Crippen molar-refractivity contribution in [3.63, 3.8) is 0 Å². The molecule has 2 unspecified atom stereocenters. The second-order valence-electron chi connectivity index (χ2n) is 9.83. The first-order chi connectivity index (χ1) is 17.1. The van der Waals surface area contributed by atoms with E-state index in [2.05, 4.69) is 47.4 Å². The van der Waals surface area contributed by atoms with Crippen LogP contribution in [0.1, 0.15) is 33.6 Å². The van der Waals surface area contributed by atoms with Crippen LogP contribution in [-0.2, 0) is 18.3 Å². The number of hydrogen-bond donors (Lipinski definition) is 1. The molecule has 4 aromatic rings. The number of aromatic amines is 1. The van der Waals surface area contributed by atoms with E-state index in [4.69, 9.17) is 9.47 Å². The smallest absolute Gasteiger partial charge is 0.253 e. The lowest BCUT2D eigenvalue weighted by Gasteiger charge is -2.51. The Bertz CT molecular complexity index is 1410.